The van der Waals surface area contributed by atoms with E-state index in [1.165, 1.54) is 5.01 Å². The molecule has 0 aromatic rings. The first-order valence-electron chi connectivity index (χ1n) is 7.75. The van der Waals surface area contributed by atoms with Gasteiger partial charge in [-0.15, -0.1) is 0 Å². The highest BCUT2D eigenvalue weighted by Crippen LogP contribution is 2.29. The molecule has 8 heteroatoms. The molecule has 0 spiro atoms. The number of carbonyl (C=O) groups is 3. The molecule has 3 atom stereocenters. The fraction of sp³-hybridized carbons (Fsp3) is 0.786. The van der Waals surface area contributed by atoms with Crippen LogP contribution in [0.5, 0.6) is 0 Å². The maximum Gasteiger partial charge on any atom is 0.258 e. The number of nitrogens with one attached hydrogen (secondary N) is 2. The standard InChI is InChI=1S/C14H24N4O4/c1-8(16-13(21)11(19)9-4-2-5-9)14(22)18-7-3-6-10(17-18)12(15)20/h8-11,17,19H,2-7H2,1H3,(H2,15,20)(H,16,21). The summed E-state index contributed by atoms with van der Waals surface area (Å²) in [6.45, 7) is 2.01. The minimum Gasteiger partial charge on any atom is -0.383 e. The zero-order chi connectivity index (χ0) is 16.3. The van der Waals surface area contributed by atoms with Crippen molar-refractivity contribution in [1.82, 2.24) is 15.8 Å². The number of rotatable bonds is 5. The van der Waals surface area contributed by atoms with Gasteiger partial charge in [0.05, 0.1) is 0 Å². The number of hydrogen-bond donors (Lipinski definition) is 4. The van der Waals surface area contributed by atoms with Crippen LogP contribution in [0.15, 0.2) is 0 Å². The lowest BCUT2D eigenvalue weighted by atomic mass is 9.81. The second-order valence-electron chi connectivity index (χ2n) is 6.08. The molecule has 1 aliphatic carbocycles. The highest BCUT2D eigenvalue weighted by Gasteiger charge is 2.34. The quantitative estimate of drug-likeness (QED) is 0.499. The number of carbonyl (C=O) groups excluding carboxylic acids is 3. The molecule has 0 bridgehead atoms. The molecule has 1 saturated heterocycles. The van der Waals surface area contributed by atoms with E-state index in [1.54, 1.807) is 6.92 Å². The number of nitrogens with zero attached hydrogens (tertiary/aromatic N) is 1. The van der Waals surface area contributed by atoms with E-state index in [9.17, 15) is 19.5 Å². The maximum absolute atomic E-state index is 12.3. The summed E-state index contributed by atoms with van der Waals surface area (Å²) in [6.07, 6.45) is 2.89. The second kappa shape index (κ2) is 7.06. The highest BCUT2D eigenvalue weighted by atomic mass is 16.3. The van der Waals surface area contributed by atoms with E-state index in [2.05, 4.69) is 10.7 Å². The minimum absolute atomic E-state index is 0.00495. The molecule has 8 nitrogen and oxygen atoms in total. The fourth-order valence-corrected chi connectivity index (χ4v) is 2.71. The molecule has 1 heterocycles. The third-order valence-corrected chi connectivity index (χ3v) is 4.39. The molecule has 5 N–H and O–H groups in total. The predicted octanol–water partition coefficient (Wildman–Crippen LogP) is -1.37. The molecule has 2 fully saturated rings. The van der Waals surface area contributed by atoms with E-state index in [4.69, 9.17) is 5.73 Å². The van der Waals surface area contributed by atoms with Crippen LogP contribution in [-0.2, 0) is 14.4 Å². The lowest BCUT2D eigenvalue weighted by Gasteiger charge is -2.34. The third kappa shape index (κ3) is 3.75. The van der Waals surface area contributed by atoms with Crippen LogP contribution in [0.25, 0.3) is 0 Å². The number of amides is 3. The number of primary amides is 1. The summed E-state index contributed by atoms with van der Waals surface area (Å²) in [5.74, 6) is -1.38. The Bertz CT molecular complexity index is 452. The molecule has 22 heavy (non-hydrogen) atoms. The van der Waals surface area contributed by atoms with Crippen molar-refractivity contribution < 1.29 is 19.5 Å². The normalized spacial score (nSPS) is 25.0. The van der Waals surface area contributed by atoms with E-state index in [-0.39, 0.29) is 11.8 Å². The monoisotopic (exact) mass is 312 g/mol. The van der Waals surface area contributed by atoms with Crippen LogP contribution < -0.4 is 16.5 Å². The Morgan fingerprint density at radius 2 is 1.95 bits per heavy atom. The number of hydrogen-bond acceptors (Lipinski definition) is 5. The van der Waals surface area contributed by atoms with Crippen molar-refractivity contribution in [3.05, 3.63) is 0 Å². The molecule has 3 amide bonds. The van der Waals surface area contributed by atoms with Crippen LogP contribution in [0.1, 0.15) is 39.0 Å². The lowest BCUT2D eigenvalue weighted by molar-refractivity contribution is -0.144. The molecular weight excluding hydrogens is 288 g/mol. The summed E-state index contributed by atoms with van der Waals surface area (Å²) in [7, 11) is 0. The zero-order valence-corrected chi connectivity index (χ0v) is 12.7. The van der Waals surface area contributed by atoms with E-state index in [0.717, 1.165) is 19.3 Å². The SMILES string of the molecule is CC(NC(=O)C(O)C1CCC1)C(=O)N1CCCC(C(N)=O)N1. The molecular formula is C14H24N4O4. The van der Waals surface area contributed by atoms with Gasteiger partial charge in [0.2, 0.25) is 11.8 Å². The van der Waals surface area contributed by atoms with Crippen molar-refractivity contribution in [2.75, 3.05) is 6.54 Å². The van der Waals surface area contributed by atoms with E-state index in [1.807, 2.05) is 0 Å². The molecule has 1 saturated carbocycles. The van der Waals surface area contributed by atoms with Crippen molar-refractivity contribution >= 4 is 17.7 Å². The first-order chi connectivity index (χ1) is 10.4. The van der Waals surface area contributed by atoms with Gasteiger partial charge in [0.1, 0.15) is 18.2 Å². The molecule has 2 rings (SSSR count). The number of aliphatic hydroxyl groups excluding tert-OH is 1. The first-order valence-corrected chi connectivity index (χ1v) is 7.75. The van der Waals surface area contributed by atoms with Gasteiger partial charge < -0.3 is 16.2 Å². The molecule has 1 aliphatic heterocycles. The Hall–Kier alpha value is -1.67. The lowest BCUT2D eigenvalue weighted by Crippen LogP contribution is -2.60. The van der Waals surface area contributed by atoms with Crippen molar-refractivity contribution in [2.45, 2.75) is 57.2 Å². The molecule has 0 aromatic carbocycles. The summed E-state index contributed by atoms with van der Waals surface area (Å²) < 4.78 is 0. The number of nitrogens with two attached hydrogens (primary N) is 1. The number of aliphatic hydroxyl groups is 1. The van der Waals surface area contributed by atoms with Gasteiger partial charge in [0, 0.05) is 6.54 Å². The molecule has 0 radical (unpaired) electrons. The van der Waals surface area contributed by atoms with Crippen molar-refractivity contribution in [1.29, 1.82) is 0 Å². The van der Waals surface area contributed by atoms with Gasteiger partial charge in [-0.3, -0.25) is 19.4 Å². The van der Waals surface area contributed by atoms with Crippen molar-refractivity contribution in [3.63, 3.8) is 0 Å². The summed E-state index contributed by atoms with van der Waals surface area (Å²) in [4.78, 5) is 35.4. The van der Waals surface area contributed by atoms with E-state index < -0.39 is 30.0 Å². The Balaban J connectivity index is 1.85. The Labute approximate surface area is 129 Å². The third-order valence-electron chi connectivity index (χ3n) is 4.39. The van der Waals surface area contributed by atoms with Gasteiger partial charge in [-0.25, -0.2) is 5.43 Å². The Kier molecular flexibility index (Phi) is 5.36. The first kappa shape index (κ1) is 16.7. The smallest absolute Gasteiger partial charge is 0.258 e. The summed E-state index contributed by atoms with van der Waals surface area (Å²) in [5, 5.41) is 13.7. The van der Waals surface area contributed by atoms with Gasteiger partial charge in [-0.1, -0.05) is 6.42 Å². The minimum atomic E-state index is -1.06. The average molecular weight is 312 g/mol. The van der Waals surface area contributed by atoms with Crippen LogP contribution in [0.2, 0.25) is 0 Å². The van der Waals surface area contributed by atoms with Crippen LogP contribution >= 0.6 is 0 Å². The number of hydrazine groups is 1. The highest BCUT2D eigenvalue weighted by molar-refractivity contribution is 5.89. The second-order valence-corrected chi connectivity index (χ2v) is 6.08. The molecule has 0 aromatic heterocycles. The van der Waals surface area contributed by atoms with E-state index in [0.29, 0.717) is 19.4 Å². The van der Waals surface area contributed by atoms with Gasteiger partial charge >= 0.3 is 0 Å². The Morgan fingerprint density at radius 1 is 1.27 bits per heavy atom. The average Bonchev–Trinajstić information content (AvgIpc) is 2.44. The van der Waals surface area contributed by atoms with Crippen molar-refractivity contribution in [3.8, 4) is 0 Å². The summed E-state index contributed by atoms with van der Waals surface area (Å²) in [5.41, 5.74) is 8.02. The predicted molar refractivity (Wildman–Crippen MR) is 78.0 cm³/mol. The van der Waals surface area contributed by atoms with Gasteiger partial charge in [0.15, 0.2) is 0 Å². The zero-order valence-electron chi connectivity index (χ0n) is 12.7. The fourth-order valence-electron chi connectivity index (χ4n) is 2.71. The summed E-state index contributed by atoms with van der Waals surface area (Å²) in [6, 6.07) is -1.34. The van der Waals surface area contributed by atoms with Crippen LogP contribution in [0.4, 0.5) is 0 Å². The van der Waals surface area contributed by atoms with Crippen LogP contribution in [0.3, 0.4) is 0 Å². The van der Waals surface area contributed by atoms with Crippen LogP contribution in [0, 0.1) is 5.92 Å². The molecule has 124 valence electrons. The van der Waals surface area contributed by atoms with E-state index >= 15 is 0 Å². The van der Waals surface area contributed by atoms with Crippen LogP contribution in [-0.4, -0.2) is 52.6 Å². The van der Waals surface area contributed by atoms with Gasteiger partial charge in [-0.2, -0.15) is 0 Å². The van der Waals surface area contributed by atoms with Gasteiger partial charge in [0.25, 0.3) is 5.91 Å². The molecule has 2 aliphatic rings. The summed E-state index contributed by atoms with van der Waals surface area (Å²) >= 11 is 0. The molecule has 3 unspecified atom stereocenters. The van der Waals surface area contributed by atoms with Gasteiger partial charge in [-0.05, 0) is 38.5 Å². The maximum atomic E-state index is 12.3. The Morgan fingerprint density at radius 3 is 2.50 bits per heavy atom. The largest absolute Gasteiger partial charge is 0.383 e. The topological polar surface area (TPSA) is 125 Å². The van der Waals surface area contributed by atoms with Crippen molar-refractivity contribution in [2.24, 2.45) is 11.7 Å².